The molecule has 1 atom stereocenters. The van der Waals surface area contributed by atoms with Gasteiger partial charge in [-0.3, -0.25) is 9.52 Å². The number of hydrogen-bond acceptors (Lipinski definition) is 6. The first kappa shape index (κ1) is 23.2. The number of nitrogens with one attached hydrogen (secondary N) is 3. The first-order chi connectivity index (χ1) is 14.5. The summed E-state index contributed by atoms with van der Waals surface area (Å²) in [5.41, 5.74) is 1.72. The Hall–Kier alpha value is -2.47. The Morgan fingerprint density at radius 2 is 1.81 bits per heavy atom. The van der Waals surface area contributed by atoms with Gasteiger partial charge in [-0.15, -0.1) is 0 Å². The summed E-state index contributed by atoms with van der Waals surface area (Å²) >= 11 is 0. The fraction of sp³-hybridized carbons (Fsp3) is 0.350. The van der Waals surface area contributed by atoms with Crippen LogP contribution in [0.25, 0.3) is 0 Å². The van der Waals surface area contributed by atoms with E-state index in [4.69, 9.17) is 4.74 Å². The molecular weight excluding hydrogens is 442 g/mol. The summed E-state index contributed by atoms with van der Waals surface area (Å²) in [6, 6.07) is 10.4. The lowest BCUT2D eigenvalue weighted by Crippen LogP contribution is -2.31. The number of carbonyl (C=O) groups excluding carboxylic acids is 1. The molecule has 1 fully saturated rings. The third kappa shape index (κ3) is 6.50. The molecule has 1 amide bonds. The molecule has 0 bridgehead atoms. The highest BCUT2D eigenvalue weighted by molar-refractivity contribution is 7.92. The van der Waals surface area contributed by atoms with Crippen molar-refractivity contribution in [2.45, 2.75) is 30.8 Å². The van der Waals surface area contributed by atoms with Crippen molar-refractivity contribution in [1.29, 1.82) is 0 Å². The number of sulfonamides is 2. The molecule has 11 heteroatoms. The maximum Gasteiger partial charge on any atom is 0.255 e. The molecule has 168 valence electrons. The Morgan fingerprint density at radius 3 is 2.42 bits per heavy atom. The topological polar surface area (TPSA) is 131 Å². The number of benzene rings is 2. The molecule has 1 unspecified atom stereocenters. The highest BCUT2D eigenvalue weighted by atomic mass is 32.2. The largest absolute Gasteiger partial charge is 0.377 e. The van der Waals surface area contributed by atoms with Gasteiger partial charge in [-0.25, -0.2) is 21.6 Å². The van der Waals surface area contributed by atoms with E-state index in [1.807, 2.05) is 0 Å². The molecule has 0 aliphatic carbocycles. The van der Waals surface area contributed by atoms with E-state index in [-0.39, 0.29) is 23.1 Å². The van der Waals surface area contributed by atoms with Crippen molar-refractivity contribution in [3.63, 3.8) is 0 Å². The zero-order valence-corrected chi connectivity index (χ0v) is 18.8. The van der Waals surface area contributed by atoms with Gasteiger partial charge in [-0.2, -0.15) is 0 Å². The van der Waals surface area contributed by atoms with Gasteiger partial charge in [-0.05, 0) is 61.7 Å². The van der Waals surface area contributed by atoms with Gasteiger partial charge < -0.3 is 10.1 Å². The fourth-order valence-corrected chi connectivity index (χ4v) is 4.78. The molecule has 3 N–H and O–H groups in total. The van der Waals surface area contributed by atoms with Crippen molar-refractivity contribution < 1.29 is 26.4 Å². The molecule has 31 heavy (non-hydrogen) atoms. The molecule has 1 heterocycles. The molecule has 1 aliphatic heterocycles. The van der Waals surface area contributed by atoms with Gasteiger partial charge in [0.25, 0.3) is 5.91 Å². The summed E-state index contributed by atoms with van der Waals surface area (Å²) < 4.78 is 58.1. The van der Waals surface area contributed by atoms with Gasteiger partial charge >= 0.3 is 0 Å². The van der Waals surface area contributed by atoms with E-state index in [1.54, 1.807) is 19.1 Å². The molecule has 3 rings (SSSR count). The Kier molecular flexibility index (Phi) is 6.99. The van der Waals surface area contributed by atoms with Crippen molar-refractivity contribution in [2.24, 2.45) is 0 Å². The van der Waals surface area contributed by atoms with Crippen LogP contribution in [0.3, 0.4) is 0 Å². The van der Waals surface area contributed by atoms with Crippen LogP contribution in [0.1, 0.15) is 28.8 Å². The summed E-state index contributed by atoms with van der Waals surface area (Å²) in [5, 5.41) is 2.68. The highest BCUT2D eigenvalue weighted by Crippen LogP contribution is 2.22. The lowest BCUT2D eigenvalue weighted by atomic mass is 10.1. The summed E-state index contributed by atoms with van der Waals surface area (Å²) in [5.74, 6) is -0.453. The molecule has 0 radical (unpaired) electrons. The minimum atomic E-state index is -3.70. The van der Waals surface area contributed by atoms with E-state index in [9.17, 15) is 21.6 Å². The van der Waals surface area contributed by atoms with Gasteiger partial charge in [-0.1, -0.05) is 6.07 Å². The van der Waals surface area contributed by atoms with Crippen LogP contribution in [0, 0.1) is 6.92 Å². The van der Waals surface area contributed by atoms with Crippen molar-refractivity contribution in [2.75, 3.05) is 29.4 Å². The van der Waals surface area contributed by atoms with Crippen LogP contribution in [0.5, 0.6) is 0 Å². The Morgan fingerprint density at radius 1 is 1.10 bits per heavy atom. The smallest absolute Gasteiger partial charge is 0.255 e. The van der Waals surface area contributed by atoms with Crippen LogP contribution in [-0.4, -0.2) is 48.3 Å². The Bertz CT molecular complexity index is 1160. The monoisotopic (exact) mass is 467 g/mol. The van der Waals surface area contributed by atoms with E-state index in [1.165, 1.54) is 30.3 Å². The molecule has 1 saturated heterocycles. The third-order valence-electron chi connectivity index (χ3n) is 4.74. The lowest BCUT2D eigenvalue weighted by Gasteiger charge is -2.12. The van der Waals surface area contributed by atoms with Crippen LogP contribution < -0.4 is 14.8 Å². The van der Waals surface area contributed by atoms with Gasteiger partial charge in [0, 0.05) is 24.4 Å². The molecule has 1 aliphatic rings. The maximum atomic E-state index is 12.5. The number of anilines is 2. The molecule has 0 saturated carbocycles. The second kappa shape index (κ2) is 9.35. The Balaban J connectivity index is 1.67. The number of amides is 1. The first-order valence-corrected chi connectivity index (χ1v) is 13.0. The van der Waals surface area contributed by atoms with E-state index >= 15 is 0 Å². The van der Waals surface area contributed by atoms with Crippen LogP contribution in [-0.2, 0) is 24.8 Å². The number of carbonyl (C=O) groups is 1. The number of hydrogen-bond donors (Lipinski definition) is 3. The van der Waals surface area contributed by atoms with Gasteiger partial charge in [0.1, 0.15) is 0 Å². The van der Waals surface area contributed by atoms with Crippen molar-refractivity contribution in [3.05, 3.63) is 53.6 Å². The van der Waals surface area contributed by atoms with E-state index in [0.717, 1.165) is 19.1 Å². The molecule has 2 aromatic rings. The molecule has 0 spiro atoms. The minimum absolute atomic E-state index is 0.0528. The molecule has 9 nitrogen and oxygen atoms in total. The van der Waals surface area contributed by atoms with E-state index in [2.05, 4.69) is 14.8 Å². The average molecular weight is 468 g/mol. The molecule has 0 aromatic heterocycles. The highest BCUT2D eigenvalue weighted by Gasteiger charge is 2.20. The quantitative estimate of drug-likeness (QED) is 0.545. The van der Waals surface area contributed by atoms with Crippen LogP contribution in [0.15, 0.2) is 47.4 Å². The summed E-state index contributed by atoms with van der Waals surface area (Å²) in [4.78, 5) is 12.6. The predicted molar refractivity (Wildman–Crippen MR) is 118 cm³/mol. The number of rotatable bonds is 8. The number of ether oxygens (including phenoxy) is 1. The fourth-order valence-electron chi connectivity index (χ4n) is 3.09. The first-order valence-electron chi connectivity index (χ1n) is 9.65. The second-order valence-corrected chi connectivity index (χ2v) is 10.9. The van der Waals surface area contributed by atoms with Crippen LogP contribution >= 0.6 is 0 Å². The van der Waals surface area contributed by atoms with Gasteiger partial charge in [0.15, 0.2) is 0 Å². The second-order valence-electron chi connectivity index (χ2n) is 7.37. The summed E-state index contributed by atoms with van der Waals surface area (Å²) in [7, 11) is -7.16. The maximum absolute atomic E-state index is 12.5. The van der Waals surface area contributed by atoms with Gasteiger partial charge in [0.2, 0.25) is 20.0 Å². The standard InChI is InChI=1S/C20H25N3O6S2/c1-14-5-8-16(12-19(14)23-30(2,25)26)22-20(24)15-6-9-18(10-7-15)31(27,28)21-13-17-4-3-11-29-17/h5-10,12,17,21,23H,3-4,11,13H2,1-2H3,(H,22,24). The summed E-state index contributed by atoms with van der Waals surface area (Å²) in [6.07, 6.45) is 2.67. The number of aryl methyl sites for hydroxylation is 1. The van der Waals surface area contributed by atoms with Crippen molar-refractivity contribution in [3.8, 4) is 0 Å². The predicted octanol–water partition coefficient (Wildman–Crippen LogP) is 2.08. The van der Waals surface area contributed by atoms with Crippen LogP contribution in [0.2, 0.25) is 0 Å². The van der Waals surface area contributed by atoms with E-state index < -0.39 is 26.0 Å². The Labute approximate surface area is 182 Å². The zero-order chi connectivity index (χ0) is 22.6. The third-order valence-corrected chi connectivity index (χ3v) is 6.77. The van der Waals surface area contributed by atoms with E-state index in [0.29, 0.717) is 23.5 Å². The van der Waals surface area contributed by atoms with Crippen molar-refractivity contribution >= 4 is 37.3 Å². The molecule has 2 aromatic carbocycles. The zero-order valence-electron chi connectivity index (χ0n) is 17.2. The molecular formula is C20H25N3O6S2. The van der Waals surface area contributed by atoms with Crippen molar-refractivity contribution in [1.82, 2.24) is 4.72 Å². The lowest BCUT2D eigenvalue weighted by molar-refractivity contribution is 0.102. The SMILES string of the molecule is Cc1ccc(NC(=O)c2ccc(S(=O)(=O)NCC3CCCO3)cc2)cc1NS(C)(=O)=O. The summed E-state index contributed by atoms with van der Waals surface area (Å²) in [6.45, 7) is 2.59. The average Bonchev–Trinajstić information content (AvgIpc) is 3.22. The van der Waals surface area contributed by atoms with Gasteiger partial charge in [0.05, 0.1) is 22.9 Å². The van der Waals surface area contributed by atoms with Crippen LogP contribution in [0.4, 0.5) is 11.4 Å². The minimum Gasteiger partial charge on any atom is -0.377 e. The normalized spacial score (nSPS) is 16.8.